The first-order valence-corrected chi connectivity index (χ1v) is 12.3. The summed E-state index contributed by atoms with van der Waals surface area (Å²) in [5, 5.41) is 0. The van der Waals surface area contributed by atoms with Crippen molar-refractivity contribution < 1.29 is 27.5 Å². The van der Waals surface area contributed by atoms with Crippen molar-refractivity contribution in [3.63, 3.8) is 0 Å². The summed E-state index contributed by atoms with van der Waals surface area (Å²) in [5.41, 5.74) is 0.492. The molecule has 33 heavy (non-hydrogen) atoms. The number of likely N-dealkylation sites (tertiary alicyclic amines) is 1. The van der Waals surface area contributed by atoms with Gasteiger partial charge in [-0.2, -0.15) is 0 Å². The van der Waals surface area contributed by atoms with Crippen molar-refractivity contribution in [3.05, 3.63) is 42.5 Å². The van der Waals surface area contributed by atoms with Gasteiger partial charge in [-0.25, -0.2) is 13.3 Å². The molecule has 2 aliphatic rings. The maximum absolute atomic E-state index is 13.0. The third-order valence-electron chi connectivity index (χ3n) is 5.83. The number of ether oxygens (including phenoxy) is 2. The predicted molar refractivity (Wildman–Crippen MR) is 123 cm³/mol. The highest BCUT2D eigenvalue weighted by Gasteiger charge is 2.33. The fourth-order valence-corrected chi connectivity index (χ4v) is 5.05. The second-order valence-electron chi connectivity index (χ2n) is 8.21. The molecule has 1 N–H and O–H groups in total. The van der Waals surface area contributed by atoms with Crippen LogP contribution in [0.2, 0.25) is 0 Å². The first-order valence-electron chi connectivity index (χ1n) is 10.8. The number of carbonyl (C=O) groups is 2. The molecule has 0 aliphatic carbocycles. The van der Waals surface area contributed by atoms with Crippen molar-refractivity contribution in [1.82, 2.24) is 4.90 Å². The van der Waals surface area contributed by atoms with Crippen LogP contribution in [0.5, 0.6) is 11.5 Å². The van der Waals surface area contributed by atoms with Crippen molar-refractivity contribution in [2.24, 2.45) is 0 Å². The summed E-state index contributed by atoms with van der Waals surface area (Å²) in [4.78, 5) is 27.5. The van der Waals surface area contributed by atoms with Crippen molar-refractivity contribution in [3.8, 4) is 11.5 Å². The molecule has 4 rings (SSSR count). The van der Waals surface area contributed by atoms with E-state index in [9.17, 15) is 18.0 Å². The lowest BCUT2D eigenvalue weighted by Gasteiger charge is -2.29. The van der Waals surface area contributed by atoms with Gasteiger partial charge in [-0.1, -0.05) is 0 Å². The summed E-state index contributed by atoms with van der Waals surface area (Å²) in [6.45, 7) is 1.97. The SMILES string of the molecule is COc1ccc(S(=O)(=O)Nc2ccc(OC3CCN(C)CC3)cc2)cc1N1C(=O)CCC1=O. The molecule has 2 amide bonds. The third kappa shape index (κ3) is 5.12. The molecule has 2 aliphatic heterocycles. The van der Waals surface area contributed by atoms with Crippen LogP contribution >= 0.6 is 0 Å². The Labute approximate surface area is 193 Å². The molecule has 2 saturated heterocycles. The Morgan fingerprint density at radius 2 is 1.61 bits per heavy atom. The van der Waals surface area contributed by atoms with Crippen LogP contribution in [0.15, 0.2) is 47.4 Å². The van der Waals surface area contributed by atoms with Crippen LogP contribution in [-0.2, 0) is 19.6 Å². The lowest BCUT2D eigenvalue weighted by atomic mass is 10.1. The minimum Gasteiger partial charge on any atom is -0.495 e. The topological polar surface area (TPSA) is 105 Å². The zero-order valence-corrected chi connectivity index (χ0v) is 19.4. The van der Waals surface area contributed by atoms with Gasteiger partial charge in [0.2, 0.25) is 11.8 Å². The fraction of sp³-hybridized carbons (Fsp3) is 0.391. The van der Waals surface area contributed by atoms with Crippen molar-refractivity contribution in [2.75, 3.05) is 36.9 Å². The van der Waals surface area contributed by atoms with Crippen LogP contribution in [0.25, 0.3) is 0 Å². The highest BCUT2D eigenvalue weighted by molar-refractivity contribution is 7.92. The van der Waals surface area contributed by atoms with Gasteiger partial charge in [0.15, 0.2) is 0 Å². The lowest BCUT2D eigenvalue weighted by molar-refractivity contribution is -0.121. The smallest absolute Gasteiger partial charge is 0.261 e. The standard InChI is InChI=1S/C23H27N3O6S/c1-25-13-11-18(12-14-25)32-17-5-3-16(4-6-17)24-33(29,30)19-7-8-21(31-2)20(15-19)26-22(27)9-10-23(26)28/h3-8,15,18,24H,9-14H2,1-2H3. The summed E-state index contributed by atoms with van der Waals surface area (Å²) in [7, 11) is -0.491. The van der Waals surface area contributed by atoms with Crippen LogP contribution in [-0.4, -0.2) is 58.5 Å². The van der Waals surface area contributed by atoms with E-state index >= 15 is 0 Å². The van der Waals surface area contributed by atoms with E-state index in [4.69, 9.17) is 9.47 Å². The van der Waals surface area contributed by atoms with Gasteiger partial charge in [0.05, 0.1) is 17.7 Å². The fourth-order valence-electron chi connectivity index (χ4n) is 3.97. The molecule has 0 bridgehead atoms. The Morgan fingerprint density at radius 1 is 0.970 bits per heavy atom. The van der Waals surface area contributed by atoms with E-state index in [1.165, 1.54) is 25.3 Å². The molecule has 10 heteroatoms. The molecule has 2 aromatic carbocycles. The molecule has 0 aromatic heterocycles. The molecule has 2 fully saturated rings. The summed E-state index contributed by atoms with van der Waals surface area (Å²) < 4.78 is 39.8. The minimum atomic E-state index is -3.97. The number of anilines is 2. The van der Waals surface area contributed by atoms with Crippen LogP contribution in [0.1, 0.15) is 25.7 Å². The van der Waals surface area contributed by atoms with Gasteiger partial charge in [-0.05, 0) is 62.4 Å². The maximum atomic E-state index is 13.0. The number of nitrogens with one attached hydrogen (secondary N) is 1. The van der Waals surface area contributed by atoms with E-state index in [2.05, 4.69) is 16.7 Å². The number of hydrogen-bond acceptors (Lipinski definition) is 7. The Hall–Kier alpha value is -3.11. The van der Waals surface area contributed by atoms with Crippen molar-refractivity contribution >= 4 is 33.2 Å². The number of hydrogen-bond donors (Lipinski definition) is 1. The van der Waals surface area contributed by atoms with Gasteiger partial charge in [0.1, 0.15) is 17.6 Å². The average Bonchev–Trinajstić information content (AvgIpc) is 3.13. The number of imide groups is 1. The van der Waals surface area contributed by atoms with Crippen LogP contribution < -0.4 is 19.1 Å². The number of carbonyl (C=O) groups excluding carboxylic acids is 2. The average molecular weight is 474 g/mol. The predicted octanol–water partition coefficient (Wildman–Crippen LogP) is 2.62. The molecular weight excluding hydrogens is 446 g/mol. The van der Waals surface area contributed by atoms with E-state index in [0.29, 0.717) is 11.4 Å². The largest absolute Gasteiger partial charge is 0.495 e. The van der Waals surface area contributed by atoms with Crippen LogP contribution in [0.4, 0.5) is 11.4 Å². The van der Waals surface area contributed by atoms with Crippen molar-refractivity contribution in [2.45, 2.75) is 36.7 Å². The molecule has 0 radical (unpaired) electrons. The van der Waals surface area contributed by atoms with Gasteiger partial charge in [0, 0.05) is 31.6 Å². The van der Waals surface area contributed by atoms with Gasteiger partial charge >= 0.3 is 0 Å². The van der Waals surface area contributed by atoms with Crippen LogP contribution in [0, 0.1) is 0 Å². The monoisotopic (exact) mass is 473 g/mol. The van der Waals surface area contributed by atoms with Crippen LogP contribution in [0.3, 0.4) is 0 Å². The Bertz CT molecular complexity index is 1130. The normalized spacial score (nSPS) is 17.9. The first kappa shape index (κ1) is 23.1. The highest BCUT2D eigenvalue weighted by atomic mass is 32.2. The number of methoxy groups -OCH3 is 1. The second-order valence-corrected chi connectivity index (χ2v) is 9.89. The van der Waals surface area contributed by atoms with E-state index in [1.54, 1.807) is 24.3 Å². The molecule has 176 valence electrons. The summed E-state index contributed by atoms with van der Waals surface area (Å²) in [6, 6.07) is 10.8. The highest BCUT2D eigenvalue weighted by Crippen LogP contribution is 2.34. The summed E-state index contributed by atoms with van der Waals surface area (Å²) in [6.07, 6.45) is 2.23. The van der Waals surface area contributed by atoms with E-state index in [0.717, 1.165) is 30.8 Å². The number of rotatable bonds is 7. The van der Waals surface area contributed by atoms with E-state index < -0.39 is 10.0 Å². The van der Waals surface area contributed by atoms with Gasteiger partial charge in [0.25, 0.3) is 10.0 Å². The molecule has 0 unspecified atom stereocenters. The van der Waals surface area contributed by atoms with E-state index in [1.807, 2.05) is 0 Å². The zero-order chi connectivity index (χ0) is 23.6. The Balaban J connectivity index is 1.50. The summed E-state index contributed by atoms with van der Waals surface area (Å²) in [5.74, 6) is 0.153. The number of sulfonamides is 1. The third-order valence-corrected chi connectivity index (χ3v) is 7.21. The Morgan fingerprint density at radius 3 is 2.21 bits per heavy atom. The number of piperidine rings is 1. The molecule has 2 heterocycles. The van der Waals surface area contributed by atoms with E-state index in [-0.39, 0.29) is 47.1 Å². The van der Waals surface area contributed by atoms with Gasteiger partial charge in [-0.3, -0.25) is 14.3 Å². The molecular formula is C23H27N3O6S. The second kappa shape index (κ2) is 9.40. The number of nitrogens with zero attached hydrogens (tertiary/aromatic N) is 2. The minimum absolute atomic E-state index is 0.0857. The molecule has 0 spiro atoms. The quantitative estimate of drug-likeness (QED) is 0.616. The molecule has 0 atom stereocenters. The lowest BCUT2D eigenvalue weighted by Crippen LogP contribution is -2.35. The maximum Gasteiger partial charge on any atom is 0.261 e. The first-order chi connectivity index (χ1) is 15.8. The van der Waals surface area contributed by atoms with Gasteiger partial charge < -0.3 is 14.4 Å². The number of benzene rings is 2. The molecule has 9 nitrogen and oxygen atoms in total. The zero-order valence-electron chi connectivity index (χ0n) is 18.6. The molecule has 0 saturated carbocycles. The molecule has 2 aromatic rings. The number of amides is 2. The Kier molecular flexibility index (Phi) is 6.57. The van der Waals surface area contributed by atoms with Crippen molar-refractivity contribution in [1.29, 1.82) is 0 Å². The van der Waals surface area contributed by atoms with Gasteiger partial charge in [-0.15, -0.1) is 0 Å². The summed E-state index contributed by atoms with van der Waals surface area (Å²) >= 11 is 0.